The maximum Gasteiger partial charge on any atom is 0.254 e. The van der Waals surface area contributed by atoms with Crippen molar-refractivity contribution in [2.75, 3.05) is 18.4 Å². The van der Waals surface area contributed by atoms with Gasteiger partial charge in [0.15, 0.2) is 0 Å². The summed E-state index contributed by atoms with van der Waals surface area (Å²) in [4.78, 5) is 31.0. The van der Waals surface area contributed by atoms with Crippen LogP contribution in [0.15, 0.2) is 42.6 Å². The molecule has 0 radical (unpaired) electrons. The van der Waals surface area contributed by atoms with Gasteiger partial charge in [-0.05, 0) is 31.9 Å². The van der Waals surface area contributed by atoms with Gasteiger partial charge in [-0.3, -0.25) is 14.6 Å². The maximum absolute atomic E-state index is 13.2. The van der Waals surface area contributed by atoms with E-state index in [0.717, 1.165) is 29.4 Å². The molecular weight excluding hydrogens is 354 g/mol. The number of aryl methyl sites for hydroxylation is 1. The molecule has 28 heavy (non-hydrogen) atoms. The maximum atomic E-state index is 13.2. The number of rotatable bonds is 3. The number of benzene rings is 1. The molecular formula is C21H23N5O2. The molecule has 1 saturated heterocycles. The summed E-state index contributed by atoms with van der Waals surface area (Å²) >= 11 is 0. The quantitative estimate of drug-likeness (QED) is 0.760. The van der Waals surface area contributed by atoms with E-state index in [-0.39, 0.29) is 17.9 Å². The lowest BCUT2D eigenvalue weighted by atomic mass is 10.0. The van der Waals surface area contributed by atoms with Crippen molar-refractivity contribution in [1.82, 2.24) is 19.7 Å². The highest BCUT2D eigenvalue weighted by molar-refractivity contribution is 6.06. The SMILES string of the molecule is CC(=O)Nc1ccnn1C1CCN(C(=O)c2cc(C)nc3ccccc23)CC1. The van der Waals surface area contributed by atoms with Gasteiger partial charge < -0.3 is 10.2 Å². The van der Waals surface area contributed by atoms with Crippen molar-refractivity contribution in [3.05, 3.63) is 53.9 Å². The fourth-order valence-corrected chi connectivity index (χ4v) is 3.85. The zero-order valence-electron chi connectivity index (χ0n) is 16.1. The molecule has 0 aliphatic carbocycles. The van der Waals surface area contributed by atoms with E-state index in [1.165, 1.54) is 6.92 Å². The van der Waals surface area contributed by atoms with E-state index in [9.17, 15) is 9.59 Å². The number of nitrogens with one attached hydrogen (secondary N) is 1. The highest BCUT2D eigenvalue weighted by Gasteiger charge is 2.27. The first-order chi connectivity index (χ1) is 13.5. The molecule has 7 heteroatoms. The Hall–Kier alpha value is -3.22. The normalized spacial score (nSPS) is 15.0. The average Bonchev–Trinajstić information content (AvgIpc) is 3.14. The lowest BCUT2D eigenvalue weighted by Gasteiger charge is -2.33. The number of pyridine rings is 1. The molecule has 144 valence electrons. The molecule has 2 aromatic heterocycles. The molecule has 0 spiro atoms. The summed E-state index contributed by atoms with van der Waals surface area (Å²) in [5, 5.41) is 8.06. The van der Waals surface area contributed by atoms with Gasteiger partial charge in [0.2, 0.25) is 5.91 Å². The average molecular weight is 377 g/mol. The highest BCUT2D eigenvalue weighted by atomic mass is 16.2. The standard InChI is InChI=1S/C21H23N5O2/c1-14-13-18(17-5-3-4-6-19(17)23-14)21(28)25-11-8-16(9-12-25)26-20(7-10-22-26)24-15(2)27/h3-7,10,13,16H,8-9,11-12H2,1-2H3,(H,24,27). The third-order valence-corrected chi connectivity index (χ3v) is 5.15. The first-order valence-electron chi connectivity index (χ1n) is 9.49. The summed E-state index contributed by atoms with van der Waals surface area (Å²) in [5.41, 5.74) is 2.39. The first kappa shape index (κ1) is 18.2. The van der Waals surface area contributed by atoms with Gasteiger partial charge in [0.1, 0.15) is 5.82 Å². The zero-order chi connectivity index (χ0) is 19.7. The number of para-hydroxylation sites is 1. The van der Waals surface area contributed by atoms with Crippen LogP contribution in [-0.4, -0.2) is 44.6 Å². The van der Waals surface area contributed by atoms with Crippen molar-refractivity contribution >= 4 is 28.5 Å². The molecule has 1 fully saturated rings. The zero-order valence-corrected chi connectivity index (χ0v) is 16.1. The van der Waals surface area contributed by atoms with Gasteiger partial charge in [0.05, 0.1) is 23.3 Å². The van der Waals surface area contributed by atoms with Crippen molar-refractivity contribution in [3.8, 4) is 0 Å². The molecule has 1 aliphatic heterocycles. The number of amides is 2. The monoisotopic (exact) mass is 377 g/mol. The second-order valence-corrected chi connectivity index (χ2v) is 7.19. The molecule has 7 nitrogen and oxygen atoms in total. The Morgan fingerprint density at radius 1 is 1.14 bits per heavy atom. The molecule has 2 amide bonds. The Morgan fingerprint density at radius 3 is 2.64 bits per heavy atom. The summed E-state index contributed by atoms with van der Waals surface area (Å²) in [5.74, 6) is 0.630. The number of nitrogens with zero attached hydrogens (tertiary/aromatic N) is 4. The van der Waals surface area contributed by atoms with Crippen molar-refractivity contribution in [2.24, 2.45) is 0 Å². The van der Waals surface area contributed by atoms with Gasteiger partial charge in [-0.2, -0.15) is 5.10 Å². The summed E-state index contributed by atoms with van der Waals surface area (Å²) in [6, 6.07) is 11.6. The van der Waals surface area contributed by atoms with Crippen LogP contribution < -0.4 is 5.32 Å². The second kappa shape index (κ2) is 7.42. The number of aromatic nitrogens is 3. The van der Waals surface area contributed by atoms with Crippen LogP contribution in [0.1, 0.15) is 41.9 Å². The van der Waals surface area contributed by atoms with Crippen LogP contribution in [0.4, 0.5) is 5.82 Å². The Kier molecular flexibility index (Phi) is 4.81. The minimum atomic E-state index is -0.116. The van der Waals surface area contributed by atoms with Crippen LogP contribution >= 0.6 is 0 Å². The number of carbonyl (C=O) groups excluding carboxylic acids is 2. The summed E-state index contributed by atoms with van der Waals surface area (Å²) in [6.07, 6.45) is 3.28. The molecule has 0 unspecified atom stereocenters. The Bertz CT molecular complexity index is 1030. The van der Waals surface area contributed by atoms with E-state index in [4.69, 9.17) is 0 Å². The lowest BCUT2D eigenvalue weighted by Crippen LogP contribution is -2.39. The topological polar surface area (TPSA) is 80.1 Å². The van der Waals surface area contributed by atoms with Gasteiger partial charge in [0, 0.05) is 37.2 Å². The van der Waals surface area contributed by atoms with E-state index in [2.05, 4.69) is 15.4 Å². The van der Waals surface area contributed by atoms with Gasteiger partial charge in [-0.15, -0.1) is 0 Å². The van der Waals surface area contributed by atoms with Crippen molar-refractivity contribution < 1.29 is 9.59 Å². The molecule has 1 aliphatic rings. The van der Waals surface area contributed by atoms with E-state index in [1.54, 1.807) is 12.3 Å². The Labute approximate surface area is 163 Å². The molecule has 4 rings (SSSR count). The van der Waals surface area contributed by atoms with E-state index >= 15 is 0 Å². The predicted molar refractivity (Wildman–Crippen MR) is 107 cm³/mol. The molecule has 0 saturated carbocycles. The Morgan fingerprint density at radius 2 is 1.89 bits per heavy atom. The lowest BCUT2D eigenvalue weighted by molar-refractivity contribution is -0.114. The van der Waals surface area contributed by atoms with E-state index in [0.29, 0.717) is 24.5 Å². The van der Waals surface area contributed by atoms with Crippen LogP contribution in [-0.2, 0) is 4.79 Å². The number of fused-ring (bicyclic) bond motifs is 1. The molecule has 1 N–H and O–H groups in total. The van der Waals surface area contributed by atoms with Gasteiger partial charge in [0.25, 0.3) is 5.91 Å². The first-order valence-corrected chi connectivity index (χ1v) is 9.49. The number of hydrogen-bond acceptors (Lipinski definition) is 4. The van der Waals surface area contributed by atoms with Crippen LogP contribution in [0, 0.1) is 6.92 Å². The molecule has 1 aromatic carbocycles. The number of anilines is 1. The molecule has 0 atom stereocenters. The fourth-order valence-electron chi connectivity index (χ4n) is 3.85. The summed E-state index contributed by atoms with van der Waals surface area (Å²) < 4.78 is 1.86. The van der Waals surface area contributed by atoms with Crippen LogP contribution in [0.3, 0.4) is 0 Å². The Balaban J connectivity index is 1.51. The number of likely N-dealkylation sites (tertiary alicyclic amines) is 1. The van der Waals surface area contributed by atoms with Crippen LogP contribution in [0.2, 0.25) is 0 Å². The summed E-state index contributed by atoms with van der Waals surface area (Å²) in [6.45, 7) is 4.70. The minimum Gasteiger partial charge on any atom is -0.338 e. The third-order valence-electron chi connectivity index (χ3n) is 5.15. The number of carbonyl (C=O) groups is 2. The molecule has 0 bridgehead atoms. The van der Waals surface area contributed by atoms with Crippen LogP contribution in [0.5, 0.6) is 0 Å². The second-order valence-electron chi connectivity index (χ2n) is 7.19. The summed E-state index contributed by atoms with van der Waals surface area (Å²) in [7, 11) is 0. The van der Waals surface area contributed by atoms with Crippen molar-refractivity contribution in [2.45, 2.75) is 32.7 Å². The fraction of sp³-hybridized carbons (Fsp3) is 0.333. The minimum absolute atomic E-state index is 0.0442. The molecule has 3 heterocycles. The molecule has 3 aromatic rings. The third kappa shape index (κ3) is 3.47. The van der Waals surface area contributed by atoms with Crippen molar-refractivity contribution in [3.63, 3.8) is 0 Å². The largest absolute Gasteiger partial charge is 0.338 e. The number of piperidine rings is 1. The van der Waals surface area contributed by atoms with E-state index in [1.807, 2.05) is 46.8 Å². The number of hydrogen-bond donors (Lipinski definition) is 1. The van der Waals surface area contributed by atoms with Crippen LogP contribution in [0.25, 0.3) is 10.9 Å². The van der Waals surface area contributed by atoms with Gasteiger partial charge in [-0.1, -0.05) is 18.2 Å². The van der Waals surface area contributed by atoms with Gasteiger partial charge in [-0.25, -0.2) is 4.68 Å². The highest BCUT2D eigenvalue weighted by Crippen LogP contribution is 2.27. The smallest absolute Gasteiger partial charge is 0.254 e. The van der Waals surface area contributed by atoms with Crippen molar-refractivity contribution in [1.29, 1.82) is 0 Å². The van der Waals surface area contributed by atoms with E-state index < -0.39 is 0 Å². The predicted octanol–water partition coefficient (Wildman–Crippen LogP) is 3.18. The van der Waals surface area contributed by atoms with Gasteiger partial charge >= 0.3 is 0 Å².